The van der Waals surface area contributed by atoms with Gasteiger partial charge in [0.05, 0.1) is 11.7 Å². The van der Waals surface area contributed by atoms with Gasteiger partial charge in [-0.25, -0.2) is 0 Å². The Bertz CT molecular complexity index is 1030. The van der Waals surface area contributed by atoms with E-state index in [1.54, 1.807) is 35.4 Å². The van der Waals surface area contributed by atoms with E-state index >= 15 is 0 Å². The van der Waals surface area contributed by atoms with Crippen LogP contribution in [0.4, 0.5) is 5.69 Å². The predicted molar refractivity (Wildman–Crippen MR) is 121 cm³/mol. The van der Waals surface area contributed by atoms with Crippen LogP contribution >= 0.6 is 0 Å². The van der Waals surface area contributed by atoms with Gasteiger partial charge < -0.3 is 15.5 Å². The molecule has 2 aromatic carbocycles. The van der Waals surface area contributed by atoms with Gasteiger partial charge in [-0.1, -0.05) is 36.4 Å². The van der Waals surface area contributed by atoms with Crippen LogP contribution in [0.2, 0.25) is 0 Å². The minimum Gasteiger partial charge on any atom is -0.346 e. The zero-order chi connectivity index (χ0) is 22.3. The zero-order valence-corrected chi connectivity index (χ0v) is 18.0. The Kier molecular flexibility index (Phi) is 6.88. The van der Waals surface area contributed by atoms with Gasteiger partial charge in [0.25, 0.3) is 0 Å². The van der Waals surface area contributed by atoms with E-state index in [9.17, 15) is 9.59 Å². The maximum absolute atomic E-state index is 12.6. The molecule has 0 saturated carbocycles. The third-order valence-corrected chi connectivity index (χ3v) is 5.65. The Morgan fingerprint density at radius 2 is 1.66 bits per heavy atom. The van der Waals surface area contributed by atoms with Gasteiger partial charge in [0, 0.05) is 38.4 Å². The molecule has 1 unspecified atom stereocenters. The number of anilines is 1. The molecule has 166 valence electrons. The number of carbonyl (C=O) groups is 2. The molecule has 1 aliphatic heterocycles. The van der Waals surface area contributed by atoms with Crippen molar-refractivity contribution in [3.8, 4) is 5.69 Å². The number of aromatic nitrogens is 3. The number of hydrogen-bond donors (Lipinski definition) is 2. The normalized spacial score (nSPS) is 15.8. The van der Waals surface area contributed by atoms with Gasteiger partial charge in [0.1, 0.15) is 12.7 Å². The lowest BCUT2D eigenvalue weighted by Gasteiger charge is -2.38. The van der Waals surface area contributed by atoms with Gasteiger partial charge in [0.2, 0.25) is 0 Å². The highest BCUT2D eigenvalue weighted by Crippen LogP contribution is 2.21. The van der Waals surface area contributed by atoms with Gasteiger partial charge in [-0.3, -0.25) is 19.1 Å². The Labute approximate surface area is 187 Å². The molecule has 1 saturated heterocycles. The van der Waals surface area contributed by atoms with Crippen molar-refractivity contribution in [2.24, 2.45) is 0 Å². The van der Waals surface area contributed by atoms with Crippen LogP contribution in [0.5, 0.6) is 0 Å². The molecule has 0 bridgehead atoms. The van der Waals surface area contributed by atoms with E-state index in [2.05, 4.69) is 49.8 Å². The van der Waals surface area contributed by atoms with Crippen LogP contribution in [0, 0.1) is 0 Å². The highest BCUT2D eigenvalue weighted by atomic mass is 16.2. The highest BCUT2D eigenvalue weighted by Gasteiger charge is 2.25. The summed E-state index contributed by atoms with van der Waals surface area (Å²) in [5.74, 6) is -1.36. The summed E-state index contributed by atoms with van der Waals surface area (Å²) in [7, 11) is 2.11. The van der Waals surface area contributed by atoms with Crippen LogP contribution in [-0.4, -0.2) is 76.2 Å². The van der Waals surface area contributed by atoms with Gasteiger partial charge >= 0.3 is 11.8 Å². The molecule has 2 heterocycles. The van der Waals surface area contributed by atoms with E-state index in [1.807, 2.05) is 24.3 Å². The quantitative estimate of drug-likeness (QED) is 0.569. The molecular formula is C23H27N7O2. The number of carbonyl (C=O) groups excluding carboxylic acids is 2. The van der Waals surface area contributed by atoms with E-state index < -0.39 is 11.8 Å². The number of benzene rings is 2. The topological polar surface area (TPSA) is 95.4 Å². The number of nitrogens with one attached hydrogen (secondary N) is 2. The lowest BCUT2D eigenvalue weighted by Crippen LogP contribution is -2.49. The summed E-state index contributed by atoms with van der Waals surface area (Å²) in [6.45, 7) is 4.13. The Morgan fingerprint density at radius 1 is 0.938 bits per heavy atom. The Morgan fingerprint density at radius 3 is 2.38 bits per heavy atom. The minimum atomic E-state index is -0.698. The van der Waals surface area contributed by atoms with Crippen LogP contribution in [0.1, 0.15) is 11.6 Å². The first-order valence-corrected chi connectivity index (χ1v) is 10.6. The molecule has 2 N–H and O–H groups in total. The molecule has 1 aromatic heterocycles. The smallest absolute Gasteiger partial charge is 0.313 e. The number of nitrogens with zero attached hydrogens (tertiary/aromatic N) is 5. The Hall–Kier alpha value is -3.56. The molecule has 1 atom stereocenters. The van der Waals surface area contributed by atoms with E-state index in [0.717, 1.165) is 37.4 Å². The fourth-order valence-electron chi connectivity index (χ4n) is 3.80. The van der Waals surface area contributed by atoms with Crippen molar-refractivity contribution in [1.29, 1.82) is 0 Å². The van der Waals surface area contributed by atoms with Crippen LogP contribution in [-0.2, 0) is 9.59 Å². The van der Waals surface area contributed by atoms with E-state index in [0.29, 0.717) is 12.2 Å². The molecule has 2 amide bonds. The molecule has 0 radical (unpaired) electrons. The first-order valence-electron chi connectivity index (χ1n) is 10.6. The SMILES string of the molecule is CN1CCN(C(CNC(=O)C(=O)Nc2cccc(-n3cnnc3)c2)c2ccccc2)CC1. The standard InChI is InChI=1S/C23H27N7O2/c1-28-10-12-29(13-11-28)21(18-6-3-2-4-7-18)15-24-22(31)23(32)27-19-8-5-9-20(14-19)30-16-25-26-17-30/h2-9,14,16-17,21H,10-13,15H2,1H3,(H,24,31)(H,27,32). The summed E-state index contributed by atoms with van der Waals surface area (Å²) in [6.07, 6.45) is 3.13. The predicted octanol–water partition coefficient (Wildman–Crippen LogP) is 1.31. The molecule has 1 fully saturated rings. The average molecular weight is 434 g/mol. The van der Waals surface area contributed by atoms with Crippen molar-refractivity contribution < 1.29 is 9.59 Å². The maximum Gasteiger partial charge on any atom is 0.313 e. The first-order chi connectivity index (χ1) is 15.6. The van der Waals surface area contributed by atoms with Crippen molar-refractivity contribution >= 4 is 17.5 Å². The monoisotopic (exact) mass is 433 g/mol. The van der Waals surface area contributed by atoms with Crippen molar-refractivity contribution in [3.63, 3.8) is 0 Å². The van der Waals surface area contributed by atoms with Gasteiger partial charge in [-0.05, 0) is 30.8 Å². The lowest BCUT2D eigenvalue weighted by molar-refractivity contribution is -0.136. The summed E-state index contributed by atoms with van der Waals surface area (Å²) in [5.41, 5.74) is 2.43. The van der Waals surface area contributed by atoms with Crippen molar-refractivity contribution in [2.45, 2.75) is 6.04 Å². The van der Waals surface area contributed by atoms with E-state index in [1.165, 1.54) is 0 Å². The lowest BCUT2D eigenvalue weighted by atomic mass is 10.0. The van der Waals surface area contributed by atoms with Gasteiger partial charge in [-0.2, -0.15) is 0 Å². The second-order valence-corrected chi connectivity index (χ2v) is 7.85. The van der Waals surface area contributed by atoms with Crippen molar-refractivity contribution in [2.75, 3.05) is 45.1 Å². The van der Waals surface area contributed by atoms with Crippen molar-refractivity contribution in [1.82, 2.24) is 29.9 Å². The number of hydrogen-bond acceptors (Lipinski definition) is 6. The largest absolute Gasteiger partial charge is 0.346 e. The van der Waals surface area contributed by atoms with E-state index in [-0.39, 0.29) is 6.04 Å². The summed E-state index contributed by atoms with van der Waals surface area (Å²) in [4.78, 5) is 29.7. The molecular weight excluding hydrogens is 406 g/mol. The molecule has 9 nitrogen and oxygen atoms in total. The molecule has 9 heteroatoms. The van der Waals surface area contributed by atoms with E-state index in [4.69, 9.17) is 0 Å². The summed E-state index contributed by atoms with van der Waals surface area (Å²) < 4.78 is 1.72. The Balaban J connectivity index is 1.38. The third-order valence-electron chi connectivity index (χ3n) is 5.65. The van der Waals surface area contributed by atoms with Crippen molar-refractivity contribution in [3.05, 3.63) is 72.8 Å². The molecule has 3 aromatic rings. The fraction of sp³-hybridized carbons (Fsp3) is 0.304. The molecule has 32 heavy (non-hydrogen) atoms. The summed E-state index contributed by atoms with van der Waals surface area (Å²) in [5, 5.41) is 13.0. The van der Waals surface area contributed by atoms with Crippen LogP contribution in [0.3, 0.4) is 0 Å². The van der Waals surface area contributed by atoms with Gasteiger partial charge in [0.15, 0.2) is 0 Å². The minimum absolute atomic E-state index is 0.0127. The second-order valence-electron chi connectivity index (χ2n) is 7.85. The molecule has 4 rings (SSSR count). The maximum atomic E-state index is 12.6. The van der Waals surface area contributed by atoms with Gasteiger partial charge in [-0.15, -0.1) is 10.2 Å². The number of piperazine rings is 1. The first kappa shape index (κ1) is 21.7. The highest BCUT2D eigenvalue weighted by molar-refractivity contribution is 6.39. The fourth-order valence-corrected chi connectivity index (χ4v) is 3.80. The number of amides is 2. The summed E-state index contributed by atoms with van der Waals surface area (Å²) in [6, 6.07) is 17.2. The zero-order valence-electron chi connectivity index (χ0n) is 18.0. The number of likely N-dealkylation sites (N-methyl/N-ethyl adjacent to an activating group) is 1. The molecule has 0 spiro atoms. The van der Waals surface area contributed by atoms with Crippen LogP contribution in [0.25, 0.3) is 5.69 Å². The summed E-state index contributed by atoms with van der Waals surface area (Å²) >= 11 is 0. The molecule has 1 aliphatic rings. The number of rotatable bonds is 6. The average Bonchev–Trinajstić information content (AvgIpc) is 3.36. The molecule has 0 aliphatic carbocycles. The second kappa shape index (κ2) is 10.2. The third kappa shape index (κ3) is 5.37. The van der Waals surface area contributed by atoms with Crippen LogP contribution in [0.15, 0.2) is 67.3 Å². The van der Waals surface area contributed by atoms with Crippen LogP contribution < -0.4 is 10.6 Å².